The van der Waals surface area contributed by atoms with E-state index in [-0.39, 0.29) is 0 Å². The SMILES string of the molecule is C(=NCc1ccccc1)c1cscn1. The lowest BCUT2D eigenvalue weighted by Crippen LogP contribution is -1.83. The van der Waals surface area contributed by atoms with Gasteiger partial charge in [0.1, 0.15) is 0 Å². The molecule has 0 saturated carbocycles. The minimum absolute atomic E-state index is 0.721. The number of nitrogens with zero attached hydrogens (tertiary/aromatic N) is 2. The molecule has 2 nitrogen and oxygen atoms in total. The maximum absolute atomic E-state index is 4.30. The summed E-state index contributed by atoms with van der Waals surface area (Å²) in [6.07, 6.45) is 1.81. The zero-order valence-electron chi connectivity index (χ0n) is 7.63. The Morgan fingerprint density at radius 2 is 2.14 bits per heavy atom. The molecule has 2 aromatic rings. The van der Waals surface area contributed by atoms with Gasteiger partial charge in [0.25, 0.3) is 0 Å². The fourth-order valence-electron chi connectivity index (χ4n) is 1.11. The molecule has 0 radical (unpaired) electrons. The second-order valence-electron chi connectivity index (χ2n) is 2.87. The first-order valence-electron chi connectivity index (χ1n) is 4.37. The number of thiazole rings is 1. The quantitative estimate of drug-likeness (QED) is 0.702. The zero-order chi connectivity index (χ0) is 9.64. The highest BCUT2D eigenvalue weighted by molar-refractivity contribution is 7.07. The summed E-state index contributed by atoms with van der Waals surface area (Å²) in [5.41, 5.74) is 3.97. The Kier molecular flexibility index (Phi) is 3.03. The van der Waals surface area contributed by atoms with E-state index in [9.17, 15) is 0 Å². The molecular weight excluding hydrogens is 192 g/mol. The molecule has 0 aliphatic heterocycles. The second-order valence-corrected chi connectivity index (χ2v) is 3.59. The van der Waals surface area contributed by atoms with Crippen LogP contribution in [0.5, 0.6) is 0 Å². The van der Waals surface area contributed by atoms with Crippen molar-refractivity contribution in [1.82, 2.24) is 4.98 Å². The van der Waals surface area contributed by atoms with Crippen molar-refractivity contribution >= 4 is 17.6 Å². The number of benzene rings is 1. The monoisotopic (exact) mass is 202 g/mol. The van der Waals surface area contributed by atoms with Gasteiger partial charge in [-0.15, -0.1) is 11.3 Å². The maximum Gasteiger partial charge on any atom is 0.0917 e. The molecule has 0 amide bonds. The van der Waals surface area contributed by atoms with E-state index in [0.29, 0.717) is 0 Å². The molecule has 0 fully saturated rings. The number of aromatic nitrogens is 1. The largest absolute Gasteiger partial charge is 0.286 e. The maximum atomic E-state index is 4.30. The average Bonchev–Trinajstić information content (AvgIpc) is 2.72. The van der Waals surface area contributed by atoms with Crippen LogP contribution in [-0.4, -0.2) is 11.2 Å². The van der Waals surface area contributed by atoms with Crippen molar-refractivity contribution in [2.75, 3.05) is 0 Å². The molecule has 0 unspecified atom stereocenters. The Morgan fingerprint density at radius 1 is 1.29 bits per heavy atom. The van der Waals surface area contributed by atoms with Crippen molar-refractivity contribution in [3.63, 3.8) is 0 Å². The molecule has 1 aromatic heterocycles. The van der Waals surface area contributed by atoms with Crippen molar-refractivity contribution in [2.45, 2.75) is 6.54 Å². The van der Waals surface area contributed by atoms with Crippen molar-refractivity contribution < 1.29 is 0 Å². The molecule has 0 N–H and O–H groups in total. The van der Waals surface area contributed by atoms with E-state index in [4.69, 9.17) is 0 Å². The van der Waals surface area contributed by atoms with Crippen LogP contribution in [0.25, 0.3) is 0 Å². The molecule has 2 rings (SSSR count). The van der Waals surface area contributed by atoms with Crippen LogP contribution < -0.4 is 0 Å². The summed E-state index contributed by atoms with van der Waals surface area (Å²) >= 11 is 1.58. The molecule has 70 valence electrons. The van der Waals surface area contributed by atoms with Gasteiger partial charge in [0.15, 0.2) is 0 Å². The molecule has 0 bridgehead atoms. The van der Waals surface area contributed by atoms with Gasteiger partial charge in [-0.25, -0.2) is 4.98 Å². The number of hydrogen-bond donors (Lipinski definition) is 0. The summed E-state index contributed by atoms with van der Waals surface area (Å²) in [5.74, 6) is 0. The molecule has 0 aliphatic rings. The lowest BCUT2D eigenvalue weighted by Gasteiger charge is -1.93. The van der Waals surface area contributed by atoms with Crippen LogP contribution >= 0.6 is 11.3 Å². The Bertz CT molecular complexity index is 392. The molecule has 0 aliphatic carbocycles. The van der Waals surface area contributed by atoms with E-state index in [0.717, 1.165) is 12.2 Å². The highest BCUT2D eigenvalue weighted by atomic mass is 32.1. The van der Waals surface area contributed by atoms with Crippen LogP contribution in [0.2, 0.25) is 0 Å². The summed E-state index contributed by atoms with van der Waals surface area (Å²) in [7, 11) is 0. The zero-order valence-corrected chi connectivity index (χ0v) is 8.45. The van der Waals surface area contributed by atoms with Gasteiger partial charge in [0.2, 0.25) is 0 Å². The summed E-state index contributed by atoms with van der Waals surface area (Å²) in [4.78, 5) is 8.42. The Hall–Kier alpha value is -1.48. The lowest BCUT2D eigenvalue weighted by molar-refractivity contribution is 1.07. The first kappa shape index (κ1) is 9.09. The van der Waals surface area contributed by atoms with Crippen LogP contribution in [0.3, 0.4) is 0 Å². The third-order valence-corrected chi connectivity index (χ3v) is 2.40. The highest BCUT2D eigenvalue weighted by Crippen LogP contribution is 2.01. The molecule has 0 spiro atoms. The molecule has 14 heavy (non-hydrogen) atoms. The van der Waals surface area contributed by atoms with Gasteiger partial charge in [-0.05, 0) is 5.56 Å². The lowest BCUT2D eigenvalue weighted by atomic mass is 10.2. The van der Waals surface area contributed by atoms with Crippen LogP contribution in [-0.2, 0) is 6.54 Å². The molecule has 0 saturated heterocycles. The fraction of sp³-hybridized carbons (Fsp3) is 0.0909. The fourth-order valence-corrected chi connectivity index (χ4v) is 1.62. The van der Waals surface area contributed by atoms with Crippen LogP contribution in [0.15, 0.2) is 46.2 Å². The van der Waals surface area contributed by atoms with Gasteiger partial charge in [-0.2, -0.15) is 0 Å². The summed E-state index contributed by atoms with van der Waals surface area (Å²) in [6, 6.07) is 10.2. The van der Waals surface area contributed by atoms with Crippen LogP contribution in [0, 0.1) is 0 Å². The van der Waals surface area contributed by atoms with E-state index in [1.165, 1.54) is 5.56 Å². The number of hydrogen-bond acceptors (Lipinski definition) is 3. The second kappa shape index (κ2) is 4.67. The van der Waals surface area contributed by atoms with E-state index in [1.54, 1.807) is 11.3 Å². The van der Waals surface area contributed by atoms with Gasteiger partial charge in [0.05, 0.1) is 17.7 Å². The van der Waals surface area contributed by atoms with Crippen molar-refractivity contribution in [1.29, 1.82) is 0 Å². The molecule has 1 aromatic carbocycles. The first-order chi connectivity index (χ1) is 6.95. The van der Waals surface area contributed by atoms with E-state index < -0.39 is 0 Å². The van der Waals surface area contributed by atoms with E-state index in [1.807, 2.05) is 35.3 Å². The predicted molar refractivity (Wildman–Crippen MR) is 59.9 cm³/mol. The predicted octanol–water partition coefficient (Wildman–Crippen LogP) is 2.76. The minimum atomic E-state index is 0.721. The summed E-state index contributed by atoms with van der Waals surface area (Å²) < 4.78 is 0. The van der Waals surface area contributed by atoms with Gasteiger partial charge in [-0.3, -0.25) is 4.99 Å². The van der Waals surface area contributed by atoms with Crippen molar-refractivity contribution in [2.24, 2.45) is 4.99 Å². The minimum Gasteiger partial charge on any atom is -0.286 e. The Morgan fingerprint density at radius 3 is 2.86 bits per heavy atom. The van der Waals surface area contributed by atoms with Gasteiger partial charge < -0.3 is 0 Å². The average molecular weight is 202 g/mol. The van der Waals surface area contributed by atoms with Gasteiger partial charge >= 0.3 is 0 Å². The Labute approximate surface area is 87.0 Å². The van der Waals surface area contributed by atoms with Crippen LogP contribution in [0.4, 0.5) is 0 Å². The number of rotatable bonds is 3. The van der Waals surface area contributed by atoms with Crippen LogP contribution in [0.1, 0.15) is 11.3 Å². The third kappa shape index (κ3) is 2.50. The van der Waals surface area contributed by atoms with E-state index >= 15 is 0 Å². The molecular formula is C11H10N2S. The first-order valence-corrected chi connectivity index (χ1v) is 5.31. The summed E-state index contributed by atoms with van der Waals surface area (Å²) in [5, 5.41) is 1.98. The van der Waals surface area contributed by atoms with Crippen molar-refractivity contribution in [3.8, 4) is 0 Å². The van der Waals surface area contributed by atoms with Gasteiger partial charge in [-0.1, -0.05) is 30.3 Å². The van der Waals surface area contributed by atoms with Crippen molar-refractivity contribution in [3.05, 3.63) is 52.5 Å². The van der Waals surface area contributed by atoms with Gasteiger partial charge in [0, 0.05) is 11.6 Å². The third-order valence-electron chi connectivity index (χ3n) is 1.79. The molecule has 1 heterocycles. The normalized spacial score (nSPS) is 10.9. The topological polar surface area (TPSA) is 25.2 Å². The van der Waals surface area contributed by atoms with E-state index in [2.05, 4.69) is 22.1 Å². The highest BCUT2D eigenvalue weighted by Gasteiger charge is 1.89. The number of aliphatic imine (C=N–C) groups is 1. The standard InChI is InChI=1S/C11H10N2S/c1-2-4-10(5-3-1)6-12-7-11-8-14-9-13-11/h1-5,7-9H,6H2. The molecule has 0 atom stereocenters. The summed E-state index contributed by atoms with van der Waals surface area (Å²) in [6.45, 7) is 0.721. The molecule has 3 heteroatoms. The smallest absolute Gasteiger partial charge is 0.0917 e. The Balaban J connectivity index is 1.95.